The molecule has 0 bridgehead atoms. The van der Waals surface area contributed by atoms with E-state index in [2.05, 4.69) is 55.6 Å². The number of aliphatic hydroxyl groups excluding tert-OH is 7. The number of carbonyl (C=O) groups is 1. The summed E-state index contributed by atoms with van der Waals surface area (Å²) in [5.74, 6) is -0.706. The molecule has 0 aromatic heterocycles. The minimum absolute atomic E-state index is 0.243. The monoisotopic (exact) mass is 1190 g/mol. The number of unbranched alkanes of at least 4 members (excludes halogenated alkanes) is 46. The largest absolute Gasteiger partial charge is 0.394 e. The number of hydrogen-bond acceptors (Lipinski definition) is 10. The van der Waals surface area contributed by atoms with Crippen LogP contribution in [0.3, 0.4) is 0 Å². The molecule has 0 aromatic carbocycles. The highest BCUT2D eigenvalue weighted by Gasteiger charge is 2.44. The van der Waals surface area contributed by atoms with E-state index in [4.69, 9.17) is 9.47 Å². The minimum atomic E-state index is -1.67. The van der Waals surface area contributed by atoms with E-state index in [0.717, 1.165) is 44.9 Å². The summed E-state index contributed by atoms with van der Waals surface area (Å²) >= 11 is 0. The van der Waals surface area contributed by atoms with Crippen molar-refractivity contribution in [2.24, 2.45) is 0 Å². The summed E-state index contributed by atoms with van der Waals surface area (Å²) < 4.78 is 11.2. The third-order valence-corrected chi connectivity index (χ3v) is 17.7. The van der Waals surface area contributed by atoms with Crippen molar-refractivity contribution < 1.29 is 50.0 Å². The number of rotatable bonds is 64. The van der Waals surface area contributed by atoms with Crippen molar-refractivity contribution in [1.29, 1.82) is 0 Å². The quantitative estimate of drug-likeness (QED) is 0.0215. The summed E-state index contributed by atoms with van der Waals surface area (Å²) in [6.07, 6.45) is 68.1. The molecule has 11 nitrogen and oxygen atoms in total. The van der Waals surface area contributed by atoms with Crippen molar-refractivity contribution in [3.8, 4) is 0 Å². The van der Waals surface area contributed by atoms with Crippen LogP contribution in [-0.4, -0.2) is 110 Å². The predicted molar refractivity (Wildman–Crippen MR) is 353 cm³/mol. The van der Waals surface area contributed by atoms with Gasteiger partial charge in [0, 0.05) is 0 Å². The number of amides is 1. The highest BCUT2D eigenvalue weighted by atomic mass is 16.7. The van der Waals surface area contributed by atoms with Gasteiger partial charge in [-0.25, -0.2) is 0 Å². The van der Waals surface area contributed by atoms with Crippen LogP contribution < -0.4 is 5.32 Å². The van der Waals surface area contributed by atoms with E-state index in [1.54, 1.807) is 0 Å². The summed E-state index contributed by atoms with van der Waals surface area (Å²) in [4.78, 5) is 13.3. The molecule has 84 heavy (non-hydrogen) atoms. The van der Waals surface area contributed by atoms with E-state index in [0.29, 0.717) is 19.3 Å². The second-order valence-electron chi connectivity index (χ2n) is 25.6. The van der Waals surface area contributed by atoms with E-state index in [9.17, 15) is 40.5 Å². The van der Waals surface area contributed by atoms with E-state index >= 15 is 0 Å². The maximum Gasteiger partial charge on any atom is 0.249 e. The van der Waals surface area contributed by atoms with Gasteiger partial charge < -0.3 is 50.5 Å². The Morgan fingerprint density at radius 1 is 0.405 bits per heavy atom. The van der Waals surface area contributed by atoms with Crippen LogP contribution in [-0.2, 0) is 14.3 Å². The van der Waals surface area contributed by atoms with Crippen LogP contribution in [0.1, 0.15) is 354 Å². The molecule has 8 N–H and O–H groups in total. The number of carbonyl (C=O) groups excluding carboxylic acids is 1. The highest BCUT2D eigenvalue weighted by Crippen LogP contribution is 2.24. The van der Waals surface area contributed by atoms with E-state index in [1.165, 1.54) is 263 Å². The van der Waals surface area contributed by atoms with Crippen LogP contribution in [0.2, 0.25) is 0 Å². The predicted octanol–water partition coefficient (Wildman–Crippen LogP) is 17.8. The molecule has 1 fully saturated rings. The van der Waals surface area contributed by atoms with Crippen LogP contribution in [0.5, 0.6) is 0 Å². The van der Waals surface area contributed by atoms with Gasteiger partial charge in [-0.3, -0.25) is 4.79 Å². The number of allylic oxidation sites excluding steroid dienone is 6. The zero-order chi connectivity index (χ0) is 61.0. The fourth-order valence-corrected chi connectivity index (χ4v) is 11.8. The van der Waals surface area contributed by atoms with Gasteiger partial charge in [-0.05, 0) is 64.2 Å². The van der Waals surface area contributed by atoms with Crippen molar-refractivity contribution in [2.75, 3.05) is 13.2 Å². The summed E-state index contributed by atoms with van der Waals surface area (Å²) in [6.45, 7) is 3.49. The summed E-state index contributed by atoms with van der Waals surface area (Å²) in [5, 5.41) is 76.5. The Morgan fingerprint density at radius 2 is 0.714 bits per heavy atom. The molecule has 1 aliphatic heterocycles. The zero-order valence-corrected chi connectivity index (χ0v) is 54.9. The molecule has 0 aromatic rings. The zero-order valence-electron chi connectivity index (χ0n) is 54.9. The van der Waals surface area contributed by atoms with Crippen LogP contribution >= 0.6 is 0 Å². The van der Waals surface area contributed by atoms with Crippen LogP contribution in [0.25, 0.3) is 0 Å². The van der Waals surface area contributed by atoms with Gasteiger partial charge in [0.2, 0.25) is 5.91 Å². The fraction of sp³-hybridized carbons (Fsp3) is 0.904. The first kappa shape index (κ1) is 80.3. The molecule has 0 radical (unpaired) electrons. The van der Waals surface area contributed by atoms with Crippen molar-refractivity contribution >= 4 is 5.91 Å². The maximum absolute atomic E-state index is 13.3. The second-order valence-corrected chi connectivity index (χ2v) is 25.6. The molecule has 1 heterocycles. The van der Waals surface area contributed by atoms with Crippen molar-refractivity contribution in [1.82, 2.24) is 5.32 Å². The first-order valence-electron chi connectivity index (χ1n) is 36.4. The molecule has 1 amide bonds. The molecule has 1 aliphatic rings. The number of aliphatic hydroxyl groups is 7. The third-order valence-electron chi connectivity index (χ3n) is 17.7. The second kappa shape index (κ2) is 61.6. The van der Waals surface area contributed by atoms with Gasteiger partial charge in [0.15, 0.2) is 6.29 Å². The van der Waals surface area contributed by atoms with Gasteiger partial charge in [0.25, 0.3) is 0 Å². The highest BCUT2D eigenvalue weighted by molar-refractivity contribution is 5.80. The lowest BCUT2D eigenvalue weighted by Crippen LogP contribution is -2.60. The van der Waals surface area contributed by atoms with Gasteiger partial charge >= 0.3 is 0 Å². The smallest absolute Gasteiger partial charge is 0.249 e. The standard InChI is InChI=1S/C73H139NO10/c1-3-5-7-9-11-13-15-17-19-21-23-25-27-29-31-32-33-34-35-37-39-41-43-45-47-49-51-53-55-57-59-61-66(77)72(82)74-64(63-83-73-71(81)70(80)69(79)67(62-75)84-73)68(78)65(76)60-58-56-54-52-50-48-46-44-42-40-38-36-30-28-26-24-22-20-18-16-14-12-10-8-6-4-2/h36,38,44,46,52,54,64-71,73,75-81H,3-35,37,39-43,45,47-51,53,55-63H2,1-2H3,(H,74,82)/b38-36+,46-44+,54-52+. The molecule has 496 valence electrons. The molecular weight excluding hydrogens is 1050 g/mol. The Labute approximate surface area is 517 Å². The van der Waals surface area contributed by atoms with E-state index in [1.807, 2.05) is 0 Å². The molecule has 9 atom stereocenters. The van der Waals surface area contributed by atoms with Gasteiger partial charge in [-0.15, -0.1) is 0 Å². The average Bonchev–Trinajstić information content (AvgIpc) is 3.65. The normalized spacial score (nSPS) is 19.1. The lowest BCUT2D eigenvalue weighted by Gasteiger charge is -2.40. The van der Waals surface area contributed by atoms with Crippen LogP contribution in [0.4, 0.5) is 0 Å². The SMILES string of the molecule is CCCCCCCCCCCCCCC/C=C/CC/C=C/CC/C=C/CCCC(O)C(O)C(COC1OC(CO)C(O)C(O)C1O)NC(=O)C(O)CCCCCCCCCCCCCCCCCCCCCCCCCCCCCCCCC. The Kier molecular flexibility index (Phi) is 58.9. The van der Waals surface area contributed by atoms with E-state index in [-0.39, 0.29) is 12.8 Å². The van der Waals surface area contributed by atoms with Crippen molar-refractivity contribution in [3.63, 3.8) is 0 Å². The molecule has 9 unspecified atom stereocenters. The van der Waals surface area contributed by atoms with Crippen molar-refractivity contribution in [2.45, 2.75) is 409 Å². The summed E-state index contributed by atoms with van der Waals surface area (Å²) in [6, 6.07) is -1.19. The first-order valence-corrected chi connectivity index (χ1v) is 36.4. The molecule has 0 spiro atoms. The van der Waals surface area contributed by atoms with E-state index < -0.39 is 74.2 Å². The average molecular weight is 1190 g/mol. The number of hydrogen-bond donors (Lipinski definition) is 8. The molecule has 1 rings (SSSR count). The topological polar surface area (TPSA) is 189 Å². The Hall–Kier alpha value is -1.67. The summed E-state index contributed by atoms with van der Waals surface area (Å²) in [7, 11) is 0. The summed E-state index contributed by atoms with van der Waals surface area (Å²) in [5.41, 5.74) is 0. The molecular formula is C73H139NO10. The molecule has 0 aliphatic carbocycles. The third kappa shape index (κ3) is 48.3. The van der Waals surface area contributed by atoms with Gasteiger partial charge in [0.1, 0.15) is 36.6 Å². The Bertz CT molecular complexity index is 1460. The minimum Gasteiger partial charge on any atom is -0.394 e. The number of ether oxygens (including phenoxy) is 2. The van der Waals surface area contributed by atoms with Crippen molar-refractivity contribution in [3.05, 3.63) is 36.5 Å². The van der Waals surface area contributed by atoms with Gasteiger partial charge in [0.05, 0.1) is 25.4 Å². The number of nitrogens with one attached hydrogen (secondary N) is 1. The Balaban J connectivity index is 2.21. The fourth-order valence-electron chi connectivity index (χ4n) is 11.8. The van der Waals surface area contributed by atoms with Gasteiger partial charge in [-0.2, -0.15) is 0 Å². The lowest BCUT2D eigenvalue weighted by atomic mass is 9.98. The van der Waals surface area contributed by atoms with Gasteiger partial charge in [-0.1, -0.05) is 326 Å². The lowest BCUT2D eigenvalue weighted by molar-refractivity contribution is -0.303. The van der Waals surface area contributed by atoms with Crippen LogP contribution in [0, 0.1) is 0 Å². The van der Waals surface area contributed by atoms with Crippen LogP contribution in [0.15, 0.2) is 36.5 Å². The first-order chi connectivity index (χ1) is 41.2. The molecule has 11 heteroatoms. The molecule has 0 saturated carbocycles. The maximum atomic E-state index is 13.3. The molecule has 1 saturated heterocycles. The Morgan fingerprint density at radius 3 is 1.06 bits per heavy atom.